The minimum Gasteiger partial charge on any atom is -0.507 e. The van der Waals surface area contributed by atoms with E-state index in [1.54, 1.807) is 18.2 Å². The summed E-state index contributed by atoms with van der Waals surface area (Å²) in [5.74, 6) is 0.00854. The largest absolute Gasteiger partial charge is 0.507 e. The van der Waals surface area contributed by atoms with Crippen LogP contribution in [0.2, 0.25) is 0 Å². The molecule has 0 spiro atoms. The van der Waals surface area contributed by atoms with Crippen molar-refractivity contribution in [2.75, 3.05) is 6.54 Å². The number of hydrogen-bond donors (Lipinski definition) is 2. The summed E-state index contributed by atoms with van der Waals surface area (Å²) in [4.78, 5) is 11.9. The summed E-state index contributed by atoms with van der Waals surface area (Å²) in [6.07, 6.45) is 0.379. The molecule has 0 heterocycles. The van der Waals surface area contributed by atoms with E-state index in [9.17, 15) is 9.90 Å². The van der Waals surface area contributed by atoms with E-state index < -0.39 is 0 Å². The molecule has 0 bridgehead atoms. The molecular formula is C16H17NO2. The van der Waals surface area contributed by atoms with E-state index in [4.69, 9.17) is 0 Å². The predicted octanol–water partition coefficient (Wildman–Crippen LogP) is 2.75. The molecule has 0 saturated carbocycles. The van der Waals surface area contributed by atoms with E-state index in [1.807, 2.05) is 30.3 Å². The molecule has 0 saturated heterocycles. The second-order valence-corrected chi connectivity index (χ2v) is 4.35. The number of phenolic OH excluding ortho intramolecular Hbond substituents is 1. The zero-order chi connectivity index (χ0) is 13.5. The van der Waals surface area contributed by atoms with Crippen molar-refractivity contribution < 1.29 is 9.90 Å². The maximum absolute atomic E-state index is 11.9. The number of aromatic hydroxyl groups is 1. The molecule has 3 heteroatoms. The number of carbonyl (C=O) groups excluding carboxylic acids is 1. The molecule has 2 rings (SSSR count). The lowest BCUT2D eigenvalue weighted by atomic mass is 10.1. The Morgan fingerprint density at radius 1 is 1.00 bits per heavy atom. The standard InChI is InChI=1S/C16H17NO2/c18-15-9-5-4-8-14(15)16(19)10-11-17-12-13-6-2-1-3-7-13/h1-9,17-18H,10-12H2. The summed E-state index contributed by atoms with van der Waals surface area (Å²) in [7, 11) is 0. The summed E-state index contributed by atoms with van der Waals surface area (Å²) < 4.78 is 0. The molecule has 2 N–H and O–H groups in total. The van der Waals surface area contributed by atoms with Gasteiger partial charge < -0.3 is 10.4 Å². The van der Waals surface area contributed by atoms with Crippen molar-refractivity contribution in [3.05, 3.63) is 65.7 Å². The molecule has 0 atom stereocenters. The SMILES string of the molecule is O=C(CCNCc1ccccc1)c1ccccc1O. The van der Waals surface area contributed by atoms with Crippen LogP contribution in [0.3, 0.4) is 0 Å². The van der Waals surface area contributed by atoms with Crippen molar-refractivity contribution in [2.24, 2.45) is 0 Å². The van der Waals surface area contributed by atoms with Crippen LogP contribution in [-0.4, -0.2) is 17.4 Å². The molecule has 3 nitrogen and oxygen atoms in total. The summed E-state index contributed by atoms with van der Waals surface area (Å²) in [5.41, 5.74) is 1.58. The molecule has 19 heavy (non-hydrogen) atoms. The van der Waals surface area contributed by atoms with Crippen molar-refractivity contribution in [3.63, 3.8) is 0 Å². The van der Waals surface area contributed by atoms with E-state index in [1.165, 1.54) is 11.6 Å². The topological polar surface area (TPSA) is 49.3 Å². The number of nitrogens with one attached hydrogen (secondary N) is 1. The lowest BCUT2D eigenvalue weighted by Gasteiger charge is -2.05. The fourth-order valence-electron chi connectivity index (χ4n) is 1.87. The smallest absolute Gasteiger partial charge is 0.167 e. The van der Waals surface area contributed by atoms with E-state index in [2.05, 4.69) is 5.32 Å². The number of hydrogen-bond acceptors (Lipinski definition) is 3. The molecule has 0 aliphatic rings. The number of Topliss-reactive ketones (excluding diaryl/α,β-unsaturated/α-hetero) is 1. The highest BCUT2D eigenvalue weighted by Crippen LogP contribution is 2.17. The Morgan fingerprint density at radius 3 is 2.42 bits per heavy atom. The van der Waals surface area contributed by atoms with E-state index >= 15 is 0 Å². The summed E-state index contributed by atoms with van der Waals surface area (Å²) in [6.45, 7) is 1.34. The molecule has 0 radical (unpaired) electrons. The first-order chi connectivity index (χ1) is 9.27. The van der Waals surface area contributed by atoms with Crippen molar-refractivity contribution in [1.29, 1.82) is 0 Å². The van der Waals surface area contributed by atoms with Crippen LogP contribution in [0.1, 0.15) is 22.3 Å². The Hall–Kier alpha value is -2.13. The number of benzene rings is 2. The van der Waals surface area contributed by atoms with Crippen LogP contribution in [0.15, 0.2) is 54.6 Å². The van der Waals surface area contributed by atoms with Gasteiger partial charge in [-0.1, -0.05) is 42.5 Å². The third-order valence-electron chi connectivity index (χ3n) is 2.91. The van der Waals surface area contributed by atoms with Gasteiger partial charge in [0.1, 0.15) is 5.75 Å². The number of phenols is 1. The van der Waals surface area contributed by atoms with Gasteiger partial charge in [0.15, 0.2) is 5.78 Å². The highest BCUT2D eigenvalue weighted by molar-refractivity contribution is 5.98. The fraction of sp³-hybridized carbons (Fsp3) is 0.188. The lowest BCUT2D eigenvalue weighted by molar-refractivity contribution is 0.0980. The van der Waals surface area contributed by atoms with Gasteiger partial charge in [0.2, 0.25) is 0 Å². The van der Waals surface area contributed by atoms with Crippen molar-refractivity contribution in [2.45, 2.75) is 13.0 Å². The number of para-hydroxylation sites is 1. The van der Waals surface area contributed by atoms with Gasteiger partial charge in [-0.25, -0.2) is 0 Å². The van der Waals surface area contributed by atoms with Crippen LogP contribution < -0.4 is 5.32 Å². The lowest BCUT2D eigenvalue weighted by Crippen LogP contribution is -2.17. The Bertz CT molecular complexity index is 537. The van der Waals surface area contributed by atoms with Gasteiger partial charge in [-0.05, 0) is 17.7 Å². The van der Waals surface area contributed by atoms with Gasteiger partial charge in [0, 0.05) is 19.5 Å². The molecule has 0 aliphatic carbocycles. The summed E-state index contributed by atoms with van der Waals surface area (Å²) >= 11 is 0. The number of carbonyl (C=O) groups is 1. The predicted molar refractivity (Wildman–Crippen MR) is 75.2 cm³/mol. The Labute approximate surface area is 112 Å². The first-order valence-corrected chi connectivity index (χ1v) is 6.33. The van der Waals surface area contributed by atoms with Gasteiger partial charge in [-0.3, -0.25) is 4.79 Å². The average molecular weight is 255 g/mol. The van der Waals surface area contributed by atoms with Gasteiger partial charge in [-0.15, -0.1) is 0 Å². The monoisotopic (exact) mass is 255 g/mol. The number of rotatable bonds is 6. The molecule has 2 aromatic rings. The first-order valence-electron chi connectivity index (χ1n) is 6.33. The molecule has 0 fully saturated rings. The molecule has 0 amide bonds. The molecular weight excluding hydrogens is 238 g/mol. The molecule has 0 aliphatic heterocycles. The highest BCUT2D eigenvalue weighted by atomic mass is 16.3. The molecule has 0 aromatic heterocycles. The quantitative estimate of drug-likeness (QED) is 0.616. The Morgan fingerprint density at radius 2 is 1.68 bits per heavy atom. The zero-order valence-electron chi connectivity index (χ0n) is 10.7. The number of ketones is 1. The van der Waals surface area contributed by atoms with Crippen molar-refractivity contribution in [3.8, 4) is 5.75 Å². The minimum absolute atomic E-state index is 0.0429. The highest BCUT2D eigenvalue weighted by Gasteiger charge is 2.09. The van der Waals surface area contributed by atoms with Crippen LogP contribution >= 0.6 is 0 Å². The van der Waals surface area contributed by atoms with Crippen LogP contribution in [0.4, 0.5) is 0 Å². The van der Waals surface area contributed by atoms with E-state index in [0.29, 0.717) is 18.5 Å². The Kier molecular flexibility index (Phi) is 4.70. The normalized spacial score (nSPS) is 10.3. The van der Waals surface area contributed by atoms with Gasteiger partial charge in [0.25, 0.3) is 0 Å². The maximum atomic E-state index is 11.9. The van der Waals surface area contributed by atoms with Crippen LogP contribution in [0, 0.1) is 0 Å². The van der Waals surface area contributed by atoms with E-state index in [0.717, 1.165) is 6.54 Å². The summed E-state index contributed by atoms with van der Waals surface area (Å²) in [6, 6.07) is 16.7. The fourth-order valence-corrected chi connectivity index (χ4v) is 1.87. The third kappa shape index (κ3) is 3.93. The second-order valence-electron chi connectivity index (χ2n) is 4.35. The van der Waals surface area contributed by atoms with Crippen LogP contribution in [-0.2, 0) is 6.54 Å². The third-order valence-corrected chi connectivity index (χ3v) is 2.91. The second kappa shape index (κ2) is 6.71. The van der Waals surface area contributed by atoms with Crippen LogP contribution in [0.5, 0.6) is 5.75 Å². The van der Waals surface area contributed by atoms with E-state index in [-0.39, 0.29) is 11.5 Å². The minimum atomic E-state index is -0.0429. The molecule has 0 unspecified atom stereocenters. The van der Waals surface area contributed by atoms with Crippen LogP contribution in [0.25, 0.3) is 0 Å². The van der Waals surface area contributed by atoms with Gasteiger partial charge in [0.05, 0.1) is 5.56 Å². The maximum Gasteiger partial charge on any atom is 0.167 e. The average Bonchev–Trinajstić information content (AvgIpc) is 2.45. The molecule has 98 valence electrons. The first kappa shape index (κ1) is 13.3. The van der Waals surface area contributed by atoms with Gasteiger partial charge >= 0.3 is 0 Å². The van der Waals surface area contributed by atoms with Crippen molar-refractivity contribution >= 4 is 5.78 Å². The molecule has 2 aromatic carbocycles. The Balaban J connectivity index is 1.77. The van der Waals surface area contributed by atoms with Crippen molar-refractivity contribution in [1.82, 2.24) is 5.32 Å². The zero-order valence-corrected chi connectivity index (χ0v) is 10.7. The van der Waals surface area contributed by atoms with Gasteiger partial charge in [-0.2, -0.15) is 0 Å². The summed E-state index contributed by atoms with van der Waals surface area (Å²) in [5, 5.41) is 12.8.